The van der Waals surface area contributed by atoms with Gasteiger partial charge in [-0.2, -0.15) is 4.98 Å². The lowest BCUT2D eigenvalue weighted by molar-refractivity contribution is -0.136. The molecule has 1 aromatic carbocycles. The molecule has 26 heavy (non-hydrogen) atoms. The van der Waals surface area contributed by atoms with Gasteiger partial charge in [0, 0.05) is 6.42 Å². The number of esters is 1. The van der Waals surface area contributed by atoms with Crippen LogP contribution in [-0.2, 0) is 22.5 Å². The van der Waals surface area contributed by atoms with E-state index >= 15 is 0 Å². The number of urea groups is 1. The molecule has 0 spiro atoms. The fourth-order valence-corrected chi connectivity index (χ4v) is 3.19. The second kappa shape index (κ2) is 6.62. The van der Waals surface area contributed by atoms with Crippen molar-refractivity contribution in [2.24, 2.45) is 0 Å². The molecule has 0 saturated heterocycles. The molecule has 2 aromatic rings. The van der Waals surface area contributed by atoms with Crippen LogP contribution in [0.2, 0.25) is 0 Å². The minimum absolute atomic E-state index is 0.0601. The summed E-state index contributed by atoms with van der Waals surface area (Å²) in [6.07, 6.45) is 1.58. The Morgan fingerprint density at radius 3 is 2.85 bits per heavy atom. The molecule has 1 aromatic heterocycles. The van der Waals surface area contributed by atoms with E-state index in [0.717, 1.165) is 12.0 Å². The maximum Gasteiger partial charge on any atom is 0.338 e. The average molecular weight is 354 g/mol. The molecule has 0 radical (unpaired) electrons. The van der Waals surface area contributed by atoms with Crippen LogP contribution in [-0.4, -0.2) is 33.6 Å². The molecular weight excluding hydrogens is 336 g/mol. The first-order valence-electron chi connectivity index (χ1n) is 8.52. The Balaban J connectivity index is 1.66. The minimum Gasteiger partial charge on any atom is -0.456 e. The van der Waals surface area contributed by atoms with E-state index in [-0.39, 0.29) is 19.2 Å². The predicted octanol–water partition coefficient (Wildman–Crippen LogP) is 2.10. The highest BCUT2D eigenvalue weighted by Crippen LogP contribution is 2.35. The molecule has 0 unspecified atom stereocenters. The molecule has 2 amide bonds. The summed E-state index contributed by atoms with van der Waals surface area (Å²) in [6, 6.07) is 8.50. The first kappa shape index (κ1) is 16.3. The van der Waals surface area contributed by atoms with E-state index < -0.39 is 12.0 Å². The van der Waals surface area contributed by atoms with E-state index in [9.17, 15) is 9.59 Å². The molecule has 0 bridgehead atoms. The summed E-state index contributed by atoms with van der Waals surface area (Å²) in [4.78, 5) is 30.7. The highest BCUT2D eigenvalue weighted by Gasteiger charge is 2.42. The third-order valence-electron chi connectivity index (χ3n) is 4.40. The van der Waals surface area contributed by atoms with Gasteiger partial charge in [-0.15, -0.1) is 0 Å². The van der Waals surface area contributed by atoms with Gasteiger partial charge in [-0.25, -0.2) is 9.59 Å². The largest absolute Gasteiger partial charge is 0.456 e. The zero-order valence-electron chi connectivity index (χ0n) is 14.3. The zero-order chi connectivity index (χ0) is 18.1. The topological polar surface area (TPSA) is 97.6 Å². The molecule has 8 nitrogen and oxygen atoms in total. The zero-order valence-corrected chi connectivity index (χ0v) is 14.3. The maximum atomic E-state index is 12.7. The Labute approximate surface area is 149 Å². The molecule has 4 rings (SSSR count). The van der Waals surface area contributed by atoms with E-state index in [1.54, 1.807) is 0 Å². The summed E-state index contributed by atoms with van der Waals surface area (Å²) in [5.41, 5.74) is 1.83. The van der Waals surface area contributed by atoms with Gasteiger partial charge in [0.1, 0.15) is 6.61 Å². The van der Waals surface area contributed by atoms with E-state index in [0.29, 0.717) is 29.4 Å². The van der Waals surface area contributed by atoms with Crippen molar-refractivity contribution in [1.29, 1.82) is 0 Å². The molecule has 2 aliphatic rings. The summed E-state index contributed by atoms with van der Waals surface area (Å²) in [5, 5.41) is 6.80. The SMILES string of the molecule is CCCc1nc(CN2C(=O)N[C@@H](c3ccccc3)C3=C2COC3=O)no1. The van der Waals surface area contributed by atoms with Gasteiger partial charge in [0.2, 0.25) is 5.89 Å². The molecule has 2 aliphatic heterocycles. The first-order chi connectivity index (χ1) is 12.7. The van der Waals surface area contributed by atoms with Crippen molar-refractivity contribution in [3.63, 3.8) is 0 Å². The lowest BCUT2D eigenvalue weighted by atomic mass is 9.96. The minimum atomic E-state index is -0.522. The Morgan fingerprint density at radius 2 is 2.08 bits per heavy atom. The molecule has 0 fully saturated rings. The van der Waals surface area contributed by atoms with Crippen molar-refractivity contribution < 1.29 is 18.8 Å². The normalized spacial score (nSPS) is 19.4. The third-order valence-corrected chi connectivity index (χ3v) is 4.40. The number of carbonyl (C=O) groups excluding carboxylic acids is 2. The van der Waals surface area contributed by atoms with Crippen LogP contribution in [0, 0.1) is 0 Å². The maximum absolute atomic E-state index is 12.7. The lowest BCUT2D eigenvalue weighted by Gasteiger charge is -2.32. The Kier molecular flexibility index (Phi) is 4.16. The Hall–Kier alpha value is -3.16. The molecule has 1 atom stereocenters. The van der Waals surface area contributed by atoms with Crippen molar-refractivity contribution in [3.05, 3.63) is 58.9 Å². The van der Waals surface area contributed by atoms with Gasteiger partial charge >= 0.3 is 12.0 Å². The van der Waals surface area contributed by atoms with E-state index in [1.807, 2.05) is 37.3 Å². The molecule has 8 heteroatoms. The van der Waals surface area contributed by atoms with E-state index in [2.05, 4.69) is 15.5 Å². The highest BCUT2D eigenvalue weighted by molar-refractivity contribution is 5.97. The molecule has 3 heterocycles. The van der Waals surface area contributed by atoms with Gasteiger partial charge in [-0.05, 0) is 12.0 Å². The van der Waals surface area contributed by atoms with Gasteiger partial charge in [0.05, 0.1) is 23.9 Å². The first-order valence-corrected chi connectivity index (χ1v) is 8.52. The van der Waals surface area contributed by atoms with Gasteiger partial charge in [0.25, 0.3) is 0 Å². The molecule has 134 valence electrons. The summed E-state index contributed by atoms with van der Waals surface area (Å²) in [6.45, 7) is 2.20. The van der Waals surface area contributed by atoms with Crippen LogP contribution >= 0.6 is 0 Å². The van der Waals surface area contributed by atoms with Crippen molar-refractivity contribution in [1.82, 2.24) is 20.4 Å². The fraction of sp³-hybridized carbons (Fsp3) is 0.333. The van der Waals surface area contributed by atoms with Crippen molar-refractivity contribution >= 4 is 12.0 Å². The Bertz CT molecular complexity index is 874. The second-order valence-corrected chi connectivity index (χ2v) is 6.17. The monoisotopic (exact) mass is 354 g/mol. The summed E-state index contributed by atoms with van der Waals surface area (Å²) in [5.74, 6) is 0.515. The summed E-state index contributed by atoms with van der Waals surface area (Å²) in [7, 11) is 0. The van der Waals surface area contributed by atoms with Gasteiger partial charge in [-0.1, -0.05) is 42.4 Å². The van der Waals surface area contributed by atoms with Crippen LogP contribution in [0.4, 0.5) is 4.79 Å². The quantitative estimate of drug-likeness (QED) is 0.826. The summed E-state index contributed by atoms with van der Waals surface area (Å²) >= 11 is 0. The van der Waals surface area contributed by atoms with E-state index in [4.69, 9.17) is 9.26 Å². The highest BCUT2D eigenvalue weighted by atomic mass is 16.5. The van der Waals surface area contributed by atoms with Crippen LogP contribution < -0.4 is 5.32 Å². The number of benzene rings is 1. The number of rotatable bonds is 5. The average Bonchev–Trinajstić information content (AvgIpc) is 3.25. The number of nitrogens with zero attached hydrogens (tertiary/aromatic N) is 3. The molecule has 0 aliphatic carbocycles. The predicted molar refractivity (Wildman–Crippen MR) is 89.5 cm³/mol. The van der Waals surface area contributed by atoms with E-state index in [1.165, 1.54) is 4.90 Å². The number of nitrogens with one attached hydrogen (secondary N) is 1. The van der Waals surface area contributed by atoms with Crippen molar-refractivity contribution in [2.45, 2.75) is 32.4 Å². The third kappa shape index (κ3) is 2.83. The molecular formula is C18H18N4O4. The van der Waals surface area contributed by atoms with Crippen LogP contribution in [0.5, 0.6) is 0 Å². The van der Waals surface area contributed by atoms with Gasteiger partial charge < -0.3 is 14.6 Å². The van der Waals surface area contributed by atoms with Crippen LogP contribution in [0.15, 0.2) is 46.1 Å². The number of amides is 2. The smallest absolute Gasteiger partial charge is 0.338 e. The van der Waals surface area contributed by atoms with Crippen molar-refractivity contribution in [2.75, 3.05) is 6.61 Å². The van der Waals surface area contributed by atoms with Crippen molar-refractivity contribution in [3.8, 4) is 0 Å². The number of hydrogen-bond acceptors (Lipinski definition) is 6. The summed E-state index contributed by atoms with van der Waals surface area (Å²) < 4.78 is 10.4. The number of aryl methyl sites for hydroxylation is 1. The molecule has 1 N–H and O–H groups in total. The van der Waals surface area contributed by atoms with Gasteiger partial charge in [-0.3, -0.25) is 4.90 Å². The number of carbonyl (C=O) groups is 2. The molecule has 0 saturated carbocycles. The fourth-order valence-electron chi connectivity index (χ4n) is 3.19. The number of ether oxygens (including phenoxy) is 1. The lowest BCUT2D eigenvalue weighted by Crippen LogP contribution is -2.47. The Morgan fingerprint density at radius 1 is 1.27 bits per heavy atom. The second-order valence-electron chi connectivity index (χ2n) is 6.17. The number of cyclic esters (lactones) is 1. The number of hydrogen-bond donors (Lipinski definition) is 1. The van der Waals surface area contributed by atoms with Gasteiger partial charge in [0.15, 0.2) is 5.82 Å². The van der Waals surface area contributed by atoms with Crippen LogP contribution in [0.25, 0.3) is 0 Å². The number of aromatic nitrogens is 2. The standard InChI is InChI=1S/C18H18N4O4/c1-2-6-14-19-13(21-26-14)9-22-12-10-25-17(23)15(12)16(20-18(22)24)11-7-4-3-5-8-11/h3-5,7-8,16H,2,6,9-10H2,1H3,(H,20,24)/t16-/m0/s1. The van der Waals surface area contributed by atoms with Crippen LogP contribution in [0.1, 0.15) is 36.7 Å². The van der Waals surface area contributed by atoms with Crippen LogP contribution in [0.3, 0.4) is 0 Å².